The van der Waals surface area contributed by atoms with Crippen LogP contribution in [0.5, 0.6) is 0 Å². The topological polar surface area (TPSA) is 68.0 Å². The van der Waals surface area contributed by atoms with Crippen molar-refractivity contribution in [3.63, 3.8) is 0 Å². The summed E-state index contributed by atoms with van der Waals surface area (Å²) in [6.07, 6.45) is 4.87. The van der Waals surface area contributed by atoms with Crippen molar-refractivity contribution < 1.29 is 4.79 Å². The van der Waals surface area contributed by atoms with Crippen molar-refractivity contribution in [1.29, 1.82) is 0 Å². The van der Waals surface area contributed by atoms with Gasteiger partial charge >= 0.3 is 0 Å². The van der Waals surface area contributed by atoms with Crippen LogP contribution in [0, 0.1) is 17.8 Å². The van der Waals surface area contributed by atoms with Gasteiger partial charge in [-0.1, -0.05) is 18.8 Å². The molecule has 2 unspecified atom stereocenters. The average Bonchev–Trinajstić information content (AvgIpc) is 2.82. The van der Waals surface area contributed by atoms with E-state index in [9.17, 15) is 4.79 Å². The number of aromatic nitrogens is 1. The van der Waals surface area contributed by atoms with E-state index in [0.717, 1.165) is 12.8 Å². The maximum Gasteiger partial charge on any atom is 0.271 e. The van der Waals surface area contributed by atoms with Crippen molar-refractivity contribution in [3.8, 4) is 11.8 Å². The molecule has 1 aromatic heterocycles. The van der Waals surface area contributed by atoms with Gasteiger partial charge in [0.2, 0.25) is 0 Å². The van der Waals surface area contributed by atoms with Crippen molar-refractivity contribution in [3.05, 3.63) is 29.6 Å². The number of nitrogens with two attached hydrogens (primary N) is 1. The highest BCUT2D eigenvalue weighted by Gasteiger charge is 2.24. The molecule has 1 amide bonds. The molecule has 4 heteroatoms. The molecule has 0 aliphatic heterocycles. The van der Waals surface area contributed by atoms with Gasteiger partial charge in [-0.2, -0.15) is 0 Å². The molecule has 0 spiro atoms. The van der Waals surface area contributed by atoms with E-state index in [1.165, 1.54) is 6.42 Å². The Morgan fingerprint density at radius 1 is 1.58 bits per heavy atom. The Labute approximate surface area is 113 Å². The highest BCUT2D eigenvalue weighted by molar-refractivity contribution is 5.94. The van der Waals surface area contributed by atoms with Crippen LogP contribution in [0.3, 0.4) is 0 Å². The summed E-state index contributed by atoms with van der Waals surface area (Å²) in [5, 5.41) is 3.04. The van der Waals surface area contributed by atoms with Gasteiger partial charge in [0.25, 0.3) is 5.91 Å². The van der Waals surface area contributed by atoms with Gasteiger partial charge < -0.3 is 11.1 Å². The molecule has 19 heavy (non-hydrogen) atoms. The molecule has 0 aromatic carbocycles. The molecular formula is C15H19N3O. The van der Waals surface area contributed by atoms with Crippen molar-refractivity contribution in [2.75, 3.05) is 6.54 Å². The number of pyridine rings is 1. The molecule has 0 radical (unpaired) electrons. The van der Waals surface area contributed by atoms with E-state index in [4.69, 9.17) is 5.73 Å². The first kappa shape index (κ1) is 13.6. The van der Waals surface area contributed by atoms with Crippen LogP contribution in [-0.4, -0.2) is 23.5 Å². The fourth-order valence-electron chi connectivity index (χ4n) is 2.43. The van der Waals surface area contributed by atoms with Gasteiger partial charge in [0.05, 0.1) is 12.1 Å². The van der Waals surface area contributed by atoms with Crippen LogP contribution < -0.4 is 11.1 Å². The monoisotopic (exact) mass is 257 g/mol. The fraction of sp³-hybridized carbons (Fsp3) is 0.467. The summed E-state index contributed by atoms with van der Waals surface area (Å²) in [7, 11) is 0. The second-order valence-electron chi connectivity index (χ2n) is 4.99. The lowest BCUT2D eigenvalue weighted by atomic mass is 10.1. The molecule has 1 fully saturated rings. The minimum atomic E-state index is -0.138. The lowest BCUT2D eigenvalue weighted by molar-refractivity contribution is 0.0932. The van der Waals surface area contributed by atoms with Gasteiger partial charge in [0, 0.05) is 12.2 Å². The maximum atomic E-state index is 12.2. The number of nitrogens with zero attached hydrogens (tertiary/aromatic N) is 1. The molecule has 100 valence electrons. The number of carbonyl (C=O) groups excluding carboxylic acids is 1. The Morgan fingerprint density at radius 2 is 2.42 bits per heavy atom. The van der Waals surface area contributed by atoms with Gasteiger partial charge in [-0.05, 0) is 37.3 Å². The molecule has 1 aliphatic carbocycles. The second-order valence-corrected chi connectivity index (χ2v) is 4.99. The lowest BCUT2D eigenvalue weighted by Crippen LogP contribution is -2.33. The standard InChI is InChI=1S/C15H19N3O/c1-11-6-7-13(10-11)18-15(19)14-12(4-2-8-16)5-3-9-17-14/h3,5,9,11,13H,6-8,10,16H2,1H3,(H,18,19). The molecule has 2 atom stereocenters. The summed E-state index contributed by atoms with van der Waals surface area (Å²) in [5.74, 6) is 6.20. The largest absolute Gasteiger partial charge is 0.348 e. The van der Waals surface area contributed by atoms with Crippen molar-refractivity contribution >= 4 is 5.91 Å². The number of rotatable bonds is 2. The zero-order valence-electron chi connectivity index (χ0n) is 11.1. The number of carbonyl (C=O) groups is 1. The van der Waals surface area contributed by atoms with Crippen LogP contribution in [-0.2, 0) is 0 Å². The van der Waals surface area contributed by atoms with E-state index in [0.29, 0.717) is 17.2 Å². The molecule has 3 N–H and O–H groups in total. The van der Waals surface area contributed by atoms with E-state index in [2.05, 4.69) is 29.1 Å². The third-order valence-electron chi connectivity index (χ3n) is 3.38. The normalized spacial score (nSPS) is 21.6. The number of amides is 1. The summed E-state index contributed by atoms with van der Waals surface area (Å²) < 4.78 is 0. The van der Waals surface area contributed by atoms with Gasteiger partial charge in [0.15, 0.2) is 0 Å². The molecule has 4 nitrogen and oxygen atoms in total. The van der Waals surface area contributed by atoms with Crippen LogP contribution >= 0.6 is 0 Å². The number of nitrogens with one attached hydrogen (secondary N) is 1. The third kappa shape index (κ3) is 3.55. The van der Waals surface area contributed by atoms with E-state index in [1.807, 2.05) is 0 Å². The van der Waals surface area contributed by atoms with Crippen LogP contribution in [0.2, 0.25) is 0 Å². The minimum absolute atomic E-state index is 0.138. The zero-order valence-corrected chi connectivity index (χ0v) is 11.1. The van der Waals surface area contributed by atoms with Crippen LogP contribution in [0.1, 0.15) is 42.2 Å². The number of hydrogen-bond donors (Lipinski definition) is 2. The Bertz CT molecular complexity index is 516. The highest BCUT2D eigenvalue weighted by atomic mass is 16.1. The molecule has 0 bridgehead atoms. The predicted octanol–water partition coefficient (Wildman–Crippen LogP) is 1.31. The predicted molar refractivity (Wildman–Crippen MR) is 74.4 cm³/mol. The molecule has 1 saturated carbocycles. The van der Waals surface area contributed by atoms with E-state index < -0.39 is 0 Å². The Kier molecular flexibility index (Phi) is 4.53. The van der Waals surface area contributed by atoms with Gasteiger partial charge in [-0.15, -0.1) is 0 Å². The molecule has 2 rings (SSSR count). The first-order valence-corrected chi connectivity index (χ1v) is 6.65. The van der Waals surface area contributed by atoms with Gasteiger partial charge in [-0.25, -0.2) is 4.98 Å². The SMILES string of the molecule is CC1CCC(NC(=O)c2ncccc2C#CCN)C1. The average molecular weight is 257 g/mol. The maximum absolute atomic E-state index is 12.2. The van der Waals surface area contributed by atoms with Gasteiger partial charge in [-0.3, -0.25) is 4.79 Å². The quantitative estimate of drug-likeness (QED) is 0.785. The van der Waals surface area contributed by atoms with Crippen LogP contribution in [0.25, 0.3) is 0 Å². The van der Waals surface area contributed by atoms with E-state index in [-0.39, 0.29) is 18.5 Å². The first-order chi connectivity index (χ1) is 9.20. The Hall–Kier alpha value is -1.86. The Morgan fingerprint density at radius 3 is 3.11 bits per heavy atom. The van der Waals surface area contributed by atoms with Gasteiger partial charge in [0.1, 0.15) is 5.69 Å². The lowest BCUT2D eigenvalue weighted by Gasteiger charge is -2.12. The smallest absolute Gasteiger partial charge is 0.271 e. The Balaban J connectivity index is 2.10. The molecule has 1 aliphatic rings. The summed E-state index contributed by atoms with van der Waals surface area (Å²) in [6, 6.07) is 3.83. The molecule has 1 aromatic rings. The second kappa shape index (κ2) is 6.35. The molecular weight excluding hydrogens is 238 g/mol. The molecule has 1 heterocycles. The van der Waals surface area contributed by atoms with E-state index in [1.54, 1.807) is 18.3 Å². The summed E-state index contributed by atoms with van der Waals surface area (Å²) in [5.41, 5.74) is 6.38. The first-order valence-electron chi connectivity index (χ1n) is 6.65. The van der Waals surface area contributed by atoms with Crippen molar-refractivity contribution in [1.82, 2.24) is 10.3 Å². The highest BCUT2D eigenvalue weighted by Crippen LogP contribution is 2.24. The summed E-state index contributed by atoms with van der Waals surface area (Å²) >= 11 is 0. The third-order valence-corrected chi connectivity index (χ3v) is 3.38. The van der Waals surface area contributed by atoms with Crippen molar-refractivity contribution in [2.24, 2.45) is 11.7 Å². The van der Waals surface area contributed by atoms with Crippen LogP contribution in [0.15, 0.2) is 18.3 Å². The van der Waals surface area contributed by atoms with Crippen molar-refractivity contribution in [2.45, 2.75) is 32.2 Å². The zero-order chi connectivity index (χ0) is 13.7. The fourth-order valence-corrected chi connectivity index (χ4v) is 2.43. The summed E-state index contributed by atoms with van der Waals surface area (Å²) in [6.45, 7) is 2.49. The summed E-state index contributed by atoms with van der Waals surface area (Å²) in [4.78, 5) is 16.4. The molecule has 0 saturated heterocycles. The minimum Gasteiger partial charge on any atom is -0.348 e. The van der Waals surface area contributed by atoms with E-state index >= 15 is 0 Å². The van der Waals surface area contributed by atoms with Crippen LogP contribution in [0.4, 0.5) is 0 Å². The number of hydrogen-bond acceptors (Lipinski definition) is 3.